The van der Waals surface area contributed by atoms with Gasteiger partial charge in [-0.1, -0.05) is 0 Å². The van der Waals surface area contributed by atoms with Crippen LogP contribution in [0.3, 0.4) is 0 Å². The minimum absolute atomic E-state index is 0.0120. The van der Waals surface area contributed by atoms with E-state index in [0.717, 1.165) is 0 Å². The van der Waals surface area contributed by atoms with Crippen LogP contribution in [0.25, 0.3) is 0 Å². The van der Waals surface area contributed by atoms with Crippen molar-refractivity contribution < 1.29 is 28.8 Å². The van der Waals surface area contributed by atoms with Crippen LogP contribution >= 0.6 is 9.24 Å². The van der Waals surface area contributed by atoms with Gasteiger partial charge in [0.1, 0.15) is 17.8 Å². The third-order valence-electron chi connectivity index (χ3n) is 3.76. The van der Waals surface area contributed by atoms with Crippen molar-refractivity contribution in [2.45, 2.75) is 50.2 Å². The third-order valence-corrected chi connectivity index (χ3v) is 3.93. The zero-order chi connectivity index (χ0) is 13.1. The quantitative estimate of drug-likeness (QED) is 0.745. The van der Waals surface area contributed by atoms with Gasteiger partial charge >= 0.3 is 5.71 Å². The van der Waals surface area contributed by atoms with Crippen molar-refractivity contribution in [1.82, 2.24) is 0 Å². The highest BCUT2D eigenvalue weighted by molar-refractivity contribution is 7.39. The van der Waals surface area contributed by atoms with E-state index in [0.29, 0.717) is 6.42 Å². The molecule has 0 amide bonds. The largest absolute Gasteiger partial charge is 0.463 e. The summed E-state index contributed by atoms with van der Waals surface area (Å²) in [6, 6.07) is 0. The Labute approximate surface area is 107 Å². The van der Waals surface area contributed by atoms with Gasteiger partial charge in [0, 0.05) is 5.92 Å². The highest BCUT2D eigenvalue weighted by Crippen LogP contribution is 2.58. The van der Waals surface area contributed by atoms with Crippen LogP contribution in [0.1, 0.15) is 20.3 Å². The van der Waals surface area contributed by atoms with E-state index < -0.39 is 35.6 Å². The number of aliphatic hydroxyl groups excluding tert-OH is 1. The van der Waals surface area contributed by atoms with Crippen molar-refractivity contribution in [3.05, 3.63) is 0 Å². The molecule has 6 nitrogen and oxygen atoms in total. The Balaban J connectivity index is 1.64. The van der Waals surface area contributed by atoms with Gasteiger partial charge in [-0.05, 0) is 29.5 Å². The van der Waals surface area contributed by atoms with Crippen LogP contribution in [0.15, 0.2) is 0 Å². The molecule has 18 heavy (non-hydrogen) atoms. The summed E-state index contributed by atoms with van der Waals surface area (Å²) < 4.78 is 21.9. The summed E-state index contributed by atoms with van der Waals surface area (Å²) in [5, 5.41) is 10.3. The van der Waals surface area contributed by atoms with Gasteiger partial charge < -0.3 is 24.1 Å². The monoisotopic (exact) mass is 276 g/mol. The number of fused-ring (bicyclic) bond motifs is 1. The summed E-state index contributed by atoms with van der Waals surface area (Å²) in [5.74, 6) is -0.715. The molecule has 1 saturated carbocycles. The molecule has 6 atom stereocenters. The van der Waals surface area contributed by atoms with Crippen LogP contribution in [0.4, 0.5) is 4.79 Å². The molecule has 0 aromatic carbocycles. The fraction of sp³-hybridized carbons (Fsp3) is 0.909. The molecule has 3 unspecified atom stereocenters. The number of hydrogen-bond acceptors (Lipinski definition) is 6. The van der Waals surface area contributed by atoms with Gasteiger partial charge in [0.2, 0.25) is 0 Å². The zero-order valence-corrected chi connectivity index (χ0v) is 11.4. The average Bonchev–Trinajstić information content (AvgIpc) is 2.79. The molecule has 102 valence electrons. The van der Waals surface area contributed by atoms with Crippen molar-refractivity contribution in [1.29, 1.82) is 0 Å². The van der Waals surface area contributed by atoms with Crippen LogP contribution in [0.2, 0.25) is 0 Å². The SMILES string of the molecule is CC1(C)OC2C(O)[C@@]3(C[C@@H]3COC(=O)P)O[C@@H]2O1. The van der Waals surface area contributed by atoms with E-state index in [4.69, 9.17) is 18.9 Å². The van der Waals surface area contributed by atoms with E-state index in [2.05, 4.69) is 0 Å². The number of aliphatic hydroxyl groups is 1. The molecule has 0 bridgehead atoms. The molecule has 1 spiro atoms. The maximum atomic E-state index is 10.7. The highest BCUT2D eigenvalue weighted by atomic mass is 31.0. The van der Waals surface area contributed by atoms with E-state index >= 15 is 0 Å². The Morgan fingerprint density at radius 2 is 2.17 bits per heavy atom. The second-order valence-electron chi connectivity index (χ2n) is 5.52. The van der Waals surface area contributed by atoms with Crippen LogP contribution in [-0.2, 0) is 18.9 Å². The first-order chi connectivity index (χ1) is 8.34. The smallest absolute Gasteiger partial charge is 0.319 e. The summed E-state index contributed by atoms with van der Waals surface area (Å²) in [4.78, 5) is 10.7. The second kappa shape index (κ2) is 3.87. The summed E-state index contributed by atoms with van der Waals surface area (Å²) in [5.41, 5.74) is -1.07. The Morgan fingerprint density at radius 3 is 2.78 bits per heavy atom. The van der Waals surface area contributed by atoms with E-state index in [1.807, 2.05) is 9.24 Å². The van der Waals surface area contributed by atoms with Gasteiger partial charge in [0.25, 0.3) is 0 Å². The molecule has 2 aliphatic heterocycles. The summed E-state index contributed by atoms with van der Waals surface area (Å²) >= 11 is 0. The average molecular weight is 276 g/mol. The molecule has 7 heteroatoms. The molecule has 2 saturated heterocycles. The number of carbonyl (C=O) groups excluding carboxylic acids is 1. The number of hydrogen-bond donors (Lipinski definition) is 1. The standard InChI is InChI=1S/C11H17O6P/c1-10(2)15-6-7(12)11(17-8(6)16-10)3-5(11)4-14-9(13)18/h5-8,12H,3-4,18H2,1-2H3/t5-,6?,7?,8+,11+/m1/s1. The van der Waals surface area contributed by atoms with Crippen LogP contribution in [0, 0.1) is 5.92 Å². The molecule has 0 aromatic heterocycles. The minimum Gasteiger partial charge on any atom is -0.463 e. The Bertz CT molecular complexity index is 386. The van der Waals surface area contributed by atoms with Crippen molar-refractivity contribution >= 4 is 15.0 Å². The first-order valence-corrected chi connectivity index (χ1v) is 6.55. The molecule has 1 N–H and O–H groups in total. The lowest BCUT2D eigenvalue weighted by Crippen LogP contribution is -2.37. The van der Waals surface area contributed by atoms with E-state index in [1.165, 1.54) is 0 Å². The first kappa shape index (κ1) is 12.8. The molecule has 3 fully saturated rings. The maximum absolute atomic E-state index is 10.7. The molecule has 0 aromatic rings. The summed E-state index contributed by atoms with van der Waals surface area (Å²) in [7, 11) is 1.96. The predicted molar refractivity (Wildman–Crippen MR) is 62.8 cm³/mol. The normalized spacial score (nSPS) is 48.2. The zero-order valence-electron chi connectivity index (χ0n) is 10.3. The Kier molecular flexibility index (Phi) is 2.74. The van der Waals surface area contributed by atoms with Crippen molar-refractivity contribution in [3.63, 3.8) is 0 Å². The second-order valence-corrected chi connectivity index (χ2v) is 5.99. The lowest BCUT2D eigenvalue weighted by molar-refractivity contribution is -0.223. The van der Waals surface area contributed by atoms with Gasteiger partial charge in [-0.3, -0.25) is 0 Å². The number of carbonyl (C=O) groups is 1. The fourth-order valence-corrected chi connectivity index (χ4v) is 2.94. The van der Waals surface area contributed by atoms with Crippen LogP contribution in [-0.4, -0.2) is 47.3 Å². The maximum Gasteiger partial charge on any atom is 0.319 e. The molecule has 0 radical (unpaired) electrons. The summed E-state index contributed by atoms with van der Waals surface area (Å²) in [6.45, 7) is 3.82. The van der Waals surface area contributed by atoms with E-state index in [9.17, 15) is 9.90 Å². The fourth-order valence-electron chi connectivity index (χ4n) is 2.84. The number of ether oxygens (including phenoxy) is 4. The van der Waals surface area contributed by atoms with Crippen LogP contribution < -0.4 is 0 Å². The number of rotatable bonds is 2. The minimum atomic E-state index is -0.738. The Hall–Kier alpha value is -0.260. The van der Waals surface area contributed by atoms with E-state index in [1.54, 1.807) is 13.8 Å². The lowest BCUT2D eigenvalue weighted by atomic mass is 10.1. The molecule has 3 aliphatic rings. The van der Waals surface area contributed by atoms with Gasteiger partial charge in [0.15, 0.2) is 12.1 Å². The van der Waals surface area contributed by atoms with E-state index in [-0.39, 0.29) is 12.5 Å². The Morgan fingerprint density at radius 1 is 1.44 bits per heavy atom. The lowest BCUT2D eigenvalue weighted by Gasteiger charge is -2.23. The van der Waals surface area contributed by atoms with Gasteiger partial charge in [-0.25, -0.2) is 4.79 Å². The topological polar surface area (TPSA) is 74.2 Å². The molecular formula is C11H17O6P. The molecular weight excluding hydrogens is 259 g/mol. The molecule has 2 heterocycles. The molecule has 3 rings (SSSR count). The first-order valence-electron chi connectivity index (χ1n) is 5.98. The summed E-state index contributed by atoms with van der Waals surface area (Å²) in [6.07, 6.45) is -1.08. The van der Waals surface area contributed by atoms with Crippen molar-refractivity contribution in [2.75, 3.05) is 6.61 Å². The van der Waals surface area contributed by atoms with Gasteiger partial charge in [0.05, 0.1) is 6.61 Å². The van der Waals surface area contributed by atoms with Crippen molar-refractivity contribution in [2.24, 2.45) is 5.92 Å². The van der Waals surface area contributed by atoms with Gasteiger partial charge in [-0.15, -0.1) is 0 Å². The van der Waals surface area contributed by atoms with Gasteiger partial charge in [-0.2, -0.15) is 0 Å². The third kappa shape index (κ3) is 1.87. The highest BCUT2D eigenvalue weighted by Gasteiger charge is 2.72. The molecule has 1 aliphatic carbocycles. The predicted octanol–water partition coefficient (Wildman–Crippen LogP) is 0.625. The van der Waals surface area contributed by atoms with Crippen LogP contribution in [0.5, 0.6) is 0 Å². The van der Waals surface area contributed by atoms with Crippen molar-refractivity contribution in [3.8, 4) is 0 Å².